The molecule has 5 rings (SSSR count). The van der Waals surface area contributed by atoms with Gasteiger partial charge in [-0.05, 0) is 42.5 Å². The minimum atomic E-state index is -0.141. The maximum Gasteiger partial charge on any atom is 0.231 e. The quantitative estimate of drug-likeness (QED) is 0.793. The Morgan fingerprint density at radius 2 is 1.90 bits per heavy atom. The van der Waals surface area contributed by atoms with Gasteiger partial charge in [-0.3, -0.25) is 9.69 Å². The SMILES string of the molecule is O=C1CC[C@@H]2CN(Cc3ccccc3F)CC[C@@H]2N1Cc1ccc2c(c1)OCO2. The van der Waals surface area contributed by atoms with E-state index < -0.39 is 0 Å². The summed E-state index contributed by atoms with van der Waals surface area (Å²) < 4.78 is 24.9. The number of ether oxygens (including phenoxy) is 2. The van der Waals surface area contributed by atoms with Crippen LogP contribution in [0.15, 0.2) is 42.5 Å². The van der Waals surface area contributed by atoms with Gasteiger partial charge in [-0.15, -0.1) is 0 Å². The second-order valence-corrected chi connectivity index (χ2v) is 8.19. The molecule has 0 spiro atoms. The van der Waals surface area contributed by atoms with Gasteiger partial charge < -0.3 is 14.4 Å². The maximum absolute atomic E-state index is 14.0. The van der Waals surface area contributed by atoms with Crippen LogP contribution in [0.2, 0.25) is 0 Å². The summed E-state index contributed by atoms with van der Waals surface area (Å²) in [6.45, 7) is 3.27. The summed E-state index contributed by atoms with van der Waals surface area (Å²) in [4.78, 5) is 17.1. The number of carbonyl (C=O) groups is 1. The van der Waals surface area contributed by atoms with Gasteiger partial charge in [0.1, 0.15) is 5.82 Å². The fraction of sp³-hybridized carbons (Fsp3) is 0.435. The van der Waals surface area contributed by atoms with Gasteiger partial charge in [0.25, 0.3) is 0 Å². The molecular weight excluding hydrogens is 371 g/mol. The Kier molecular flexibility index (Phi) is 4.87. The van der Waals surface area contributed by atoms with Crippen molar-refractivity contribution in [1.82, 2.24) is 9.80 Å². The molecule has 0 bridgehead atoms. The summed E-state index contributed by atoms with van der Waals surface area (Å²) in [7, 11) is 0. The minimum Gasteiger partial charge on any atom is -0.454 e. The number of likely N-dealkylation sites (tertiary alicyclic amines) is 2. The highest BCUT2D eigenvalue weighted by molar-refractivity contribution is 5.77. The van der Waals surface area contributed by atoms with Gasteiger partial charge in [0.2, 0.25) is 12.7 Å². The molecule has 2 aromatic rings. The number of rotatable bonds is 4. The maximum atomic E-state index is 14.0. The molecule has 3 heterocycles. The summed E-state index contributed by atoms with van der Waals surface area (Å²) >= 11 is 0. The Labute approximate surface area is 170 Å². The Morgan fingerprint density at radius 3 is 2.79 bits per heavy atom. The van der Waals surface area contributed by atoms with Crippen molar-refractivity contribution < 1.29 is 18.7 Å². The van der Waals surface area contributed by atoms with Crippen molar-refractivity contribution in [2.45, 2.75) is 38.4 Å². The van der Waals surface area contributed by atoms with Crippen LogP contribution in [-0.4, -0.2) is 41.6 Å². The van der Waals surface area contributed by atoms with E-state index in [4.69, 9.17) is 9.47 Å². The molecule has 3 aliphatic heterocycles. The lowest BCUT2D eigenvalue weighted by Gasteiger charge is -2.47. The second-order valence-electron chi connectivity index (χ2n) is 8.19. The molecule has 0 radical (unpaired) electrons. The molecule has 29 heavy (non-hydrogen) atoms. The van der Waals surface area contributed by atoms with Gasteiger partial charge in [0.15, 0.2) is 11.5 Å². The number of fused-ring (bicyclic) bond motifs is 2. The number of hydrogen-bond donors (Lipinski definition) is 0. The van der Waals surface area contributed by atoms with Gasteiger partial charge in [0, 0.05) is 44.2 Å². The zero-order valence-corrected chi connectivity index (χ0v) is 16.4. The summed E-state index contributed by atoms with van der Waals surface area (Å²) in [5.41, 5.74) is 1.81. The van der Waals surface area contributed by atoms with Crippen molar-refractivity contribution in [2.75, 3.05) is 19.9 Å². The van der Waals surface area contributed by atoms with Crippen LogP contribution >= 0.6 is 0 Å². The van der Waals surface area contributed by atoms with E-state index in [0.29, 0.717) is 25.4 Å². The molecule has 2 aromatic carbocycles. The van der Waals surface area contributed by atoms with Crippen molar-refractivity contribution in [3.05, 3.63) is 59.4 Å². The van der Waals surface area contributed by atoms with Crippen LogP contribution in [0.25, 0.3) is 0 Å². The molecule has 0 N–H and O–H groups in total. The molecule has 3 aliphatic rings. The molecule has 0 aliphatic carbocycles. The van der Waals surface area contributed by atoms with Crippen LogP contribution in [0.1, 0.15) is 30.4 Å². The van der Waals surface area contributed by atoms with Crippen molar-refractivity contribution >= 4 is 5.91 Å². The summed E-state index contributed by atoms with van der Waals surface area (Å²) in [6, 6.07) is 13.2. The molecule has 6 heteroatoms. The van der Waals surface area contributed by atoms with Crippen LogP contribution in [-0.2, 0) is 17.9 Å². The number of benzene rings is 2. The molecule has 0 saturated carbocycles. The first-order valence-corrected chi connectivity index (χ1v) is 10.3. The zero-order valence-electron chi connectivity index (χ0n) is 16.4. The van der Waals surface area contributed by atoms with Crippen LogP contribution in [0.5, 0.6) is 11.5 Å². The number of halogens is 1. The fourth-order valence-corrected chi connectivity index (χ4v) is 4.88. The normalized spacial score (nSPS) is 23.9. The molecule has 2 fully saturated rings. The molecule has 2 atom stereocenters. The topological polar surface area (TPSA) is 42.0 Å². The van der Waals surface area contributed by atoms with Crippen LogP contribution in [0.3, 0.4) is 0 Å². The summed E-state index contributed by atoms with van der Waals surface area (Å²) in [6.07, 6.45) is 2.42. The summed E-state index contributed by atoms with van der Waals surface area (Å²) in [5.74, 6) is 2.04. The van der Waals surface area contributed by atoms with Crippen LogP contribution in [0.4, 0.5) is 4.39 Å². The molecule has 0 unspecified atom stereocenters. The van der Waals surface area contributed by atoms with Crippen molar-refractivity contribution in [1.29, 1.82) is 0 Å². The Bertz CT molecular complexity index is 919. The summed E-state index contributed by atoms with van der Waals surface area (Å²) in [5, 5.41) is 0. The molecule has 0 aromatic heterocycles. The standard InChI is InChI=1S/C23H25FN2O3/c24-19-4-2-1-3-17(19)13-25-10-9-20-18(14-25)6-8-23(27)26(20)12-16-5-7-21-22(11-16)29-15-28-21/h1-5,7,11,18,20H,6,8-10,12-15H2/t18-,20+/m1/s1. The predicted molar refractivity (Wildman–Crippen MR) is 106 cm³/mol. The van der Waals surface area contributed by atoms with E-state index in [-0.39, 0.29) is 24.6 Å². The van der Waals surface area contributed by atoms with Crippen molar-refractivity contribution in [3.8, 4) is 11.5 Å². The Balaban J connectivity index is 1.27. The Hall–Kier alpha value is -2.60. The fourth-order valence-electron chi connectivity index (χ4n) is 4.88. The van der Waals surface area contributed by atoms with E-state index in [0.717, 1.165) is 48.6 Å². The van der Waals surface area contributed by atoms with E-state index in [1.54, 1.807) is 6.07 Å². The average Bonchev–Trinajstić information content (AvgIpc) is 3.20. The molecule has 152 valence electrons. The average molecular weight is 396 g/mol. The van der Waals surface area contributed by atoms with Crippen molar-refractivity contribution in [3.63, 3.8) is 0 Å². The third-order valence-electron chi connectivity index (χ3n) is 6.37. The molecule has 5 nitrogen and oxygen atoms in total. The lowest BCUT2D eigenvalue weighted by molar-refractivity contribution is -0.142. The van der Waals surface area contributed by atoms with E-state index in [1.165, 1.54) is 6.07 Å². The molecule has 1 amide bonds. The van der Waals surface area contributed by atoms with Gasteiger partial charge >= 0.3 is 0 Å². The Morgan fingerprint density at radius 1 is 1.03 bits per heavy atom. The lowest BCUT2D eigenvalue weighted by atomic mass is 9.83. The minimum absolute atomic E-state index is 0.141. The smallest absolute Gasteiger partial charge is 0.231 e. The van der Waals surface area contributed by atoms with Crippen molar-refractivity contribution in [2.24, 2.45) is 5.92 Å². The first-order chi connectivity index (χ1) is 14.2. The van der Waals surface area contributed by atoms with Gasteiger partial charge in [0.05, 0.1) is 0 Å². The lowest BCUT2D eigenvalue weighted by Crippen LogP contribution is -2.55. The number of piperidine rings is 2. The predicted octanol–water partition coefficient (Wildman–Crippen LogP) is 3.57. The van der Waals surface area contributed by atoms with E-state index >= 15 is 0 Å². The number of amides is 1. The first kappa shape index (κ1) is 18.4. The van der Waals surface area contributed by atoms with E-state index in [1.807, 2.05) is 35.2 Å². The molecular formula is C23H25FN2O3. The number of nitrogens with zero attached hydrogens (tertiary/aromatic N) is 2. The van der Waals surface area contributed by atoms with E-state index in [2.05, 4.69) is 4.90 Å². The van der Waals surface area contributed by atoms with E-state index in [9.17, 15) is 9.18 Å². The first-order valence-electron chi connectivity index (χ1n) is 10.3. The van der Waals surface area contributed by atoms with Gasteiger partial charge in [-0.1, -0.05) is 24.3 Å². The molecule has 2 saturated heterocycles. The number of carbonyl (C=O) groups excluding carboxylic acids is 1. The zero-order chi connectivity index (χ0) is 19.8. The third-order valence-corrected chi connectivity index (χ3v) is 6.37. The highest BCUT2D eigenvalue weighted by Crippen LogP contribution is 2.36. The second kappa shape index (κ2) is 7.67. The number of hydrogen-bond acceptors (Lipinski definition) is 4. The third kappa shape index (κ3) is 3.69. The monoisotopic (exact) mass is 396 g/mol. The van der Waals surface area contributed by atoms with Crippen LogP contribution in [0, 0.1) is 11.7 Å². The largest absolute Gasteiger partial charge is 0.454 e. The highest BCUT2D eigenvalue weighted by atomic mass is 19.1. The van der Waals surface area contributed by atoms with Gasteiger partial charge in [-0.25, -0.2) is 4.39 Å². The van der Waals surface area contributed by atoms with Crippen LogP contribution < -0.4 is 9.47 Å². The highest BCUT2D eigenvalue weighted by Gasteiger charge is 2.39. The van der Waals surface area contributed by atoms with Gasteiger partial charge in [-0.2, -0.15) is 0 Å².